The highest BCUT2D eigenvalue weighted by molar-refractivity contribution is 7.89. The van der Waals surface area contributed by atoms with Crippen LogP contribution in [0, 0.1) is 5.41 Å². The maximum Gasteiger partial charge on any atom is 0.214 e. The Hall–Kier alpha value is -0.130. The van der Waals surface area contributed by atoms with Crippen molar-refractivity contribution in [2.45, 2.75) is 66.0 Å². The van der Waals surface area contributed by atoms with Crippen molar-refractivity contribution in [1.82, 2.24) is 9.62 Å². The van der Waals surface area contributed by atoms with Gasteiger partial charge in [-0.25, -0.2) is 8.42 Å². The fourth-order valence-electron chi connectivity index (χ4n) is 2.57. The first-order valence-corrected chi connectivity index (χ1v) is 8.96. The van der Waals surface area contributed by atoms with E-state index < -0.39 is 10.0 Å². The van der Waals surface area contributed by atoms with Gasteiger partial charge in [0.1, 0.15) is 0 Å². The van der Waals surface area contributed by atoms with Crippen molar-refractivity contribution >= 4 is 10.0 Å². The van der Waals surface area contributed by atoms with Crippen molar-refractivity contribution in [1.29, 1.82) is 0 Å². The van der Waals surface area contributed by atoms with Crippen LogP contribution >= 0.6 is 0 Å². The van der Waals surface area contributed by atoms with Gasteiger partial charge < -0.3 is 5.32 Å². The Morgan fingerprint density at radius 1 is 1.26 bits per heavy atom. The fraction of sp³-hybridized carbons (Fsp3) is 1.00. The lowest BCUT2D eigenvalue weighted by atomic mass is 10.0. The van der Waals surface area contributed by atoms with E-state index in [0.717, 1.165) is 13.0 Å². The van der Waals surface area contributed by atoms with Crippen LogP contribution in [0.4, 0.5) is 0 Å². The van der Waals surface area contributed by atoms with E-state index in [-0.39, 0.29) is 17.2 Å². The summed E-state index contributed by atoms with van der Waals surface area (Å²) < 4.78 is 26.8. The van der Waals surface area contributed by atoms with Crippen LogP contribution < -0.4 is 5.32 Å². The summed E-state index contributed by atoms with van der Waals surface area (Å²) in [7, 11) is -3.19. The summed E-state index contributed by atoms with van der Waals surface area (Å²) in [6.45, 7) is 11.5. The molecule has 1 fully saturated rings. The molecule has 0 aliphatic carbocycles. The molecule has 0 aromatic rings. The maximum atomic E-state index is 12.6. The van der Waals surface area contributed by atoms with E-state index in [2.05, 4.69) is 5.32 Å². The lowest BCUT2D eigenvalue weighted by Gasteiger charge is -2.34. The number of rotatable bonds is 5. The number of nitrogens with zero attached hydrogens (tertiary/aromatic N) is 1. The summed E-state index contributed by atoms with van der Waals surface area (Å²) in [6, 6.07) is 0.335. The van der Waals surface area contributed by atoms with Gasteiger partial charge in [0.25, 0.3) is 0 Å². The molecule has 1 aliphatic heterocycles. The molecule has 1 atom stereocenters. The predicted molar refractivity (Wildman–Crippen MR) is 80.7 cm³/mol. The van der Waals surface area contributed by atoms with Crippen molar-refractivity contribution < 1.29 is 8.42 Å². The average molecular weight is 290 g/mol. The summed E-state index contributed by atoms with van der Waals surface area (Å²) in [5.74, 6) is 0.213. The Bertz CT molecular complexity index is 365. The smallest absolute Gasteiger partial charge is 0.214 e. The first-order valence-electron chi connectivity index (χ1n) is 7.35. The molecular formula is C14H30N2O2S. The molecule has 1 rings (SSSR count). The first kappa shape index (κ1) is 16.9. The Labute approximate surface area is 119 Å². The Balaban J connectivity index is 2.76. The molecule has 114 valence electrons. The van der Waals surface area contributed by atoms with Gasteiger partial charge in [-0.15, -0.1) is 0 Å². The Morgan fingerprint density at radius 3 is 2.32 bits per heavy atom. The van der Waals surface area contributed by atoms with Gasteiger partial charge in [0, 0.05) is 18.6 Å². The summed E-state index contributed by atoms with van der Waals surface area (Å²) in [6.07, 6.45) is 3.48. The number of sulfonamides is 1. The van der Waals surface area contributed by atoms with Crippen LogP contribution in [-0.4, -0.2) is 43.6 Å². The van der Waals surface area contributed by atoms with Crippen molar-refractivity contribution in [2.75, 3.05) is 18.8 Å². The zero-order valence-corrected chi connectivity index (χ0v) is 13.9. The normalized spacial score (nSPS) is 22.2. The third-order valence-corrected chi connectivity index (χ3v) is 5.88. The van der Waals surface area contributed by atoms with Crippen LogP contribution in [0.15, 0.2) is 0 Å². The number of hydrogen-bond acceptors (Lipinski definition) is 3. The van der Waals surface area contributed by atoms with E-state index in [0.29, 0.717) is 12.6 Å². The SMILES string of the molecule is CC(C)N(CC1CCCCN1)S(=O)(=O)CC(C)(C)C. The Morgan fingerprint density at radius 2 is 1.89 bits per heavy atom. The molecule has 4 nitrogen and oxygen atoms in total. The summed E-state index contributed by atoms with van der Waals surface area (Å²) in [5.41, 5.74) is -0.202. The molecule has 1 saturated heterocycles. The molecule has 0 saturated carbocycles. The van der Waals surface area contributed by atoms with Gasteiger partial charge in [-0.2, -0.15) is 4.31 Å². The van der Waals surface area contributed by atoms with E-state index in [1.54, 1.807) is 4.31 Å². The van der Waals surface area contributed by atoms with E-state index in [1.165, 1.54) is 12.8 Å². The van der Waals surface area contributed by atoms with Crippen molar-refractivity contribution in [3.8, 4) is 0 Å². The lowest BCUT2D eigenvalue weighted by molar-refractivity contribution is 0.278. The summed E-state index contributed by atoms with van der Waals surface area (Å²) >= 11 is 0. The van der Waals surface area contributed by atoms with Crippen molar-refractivity contribution in [3.63, 3.8) is 0 Å². The quantitative estimate of drug-likeness (QED) is 0.844. The van der Waals surface area contributed by atoms with Crippen LogP contribution in [0.5, 0.6) is 0 Å². The molecule has 0 aromatic carbocycles. The van der Waals surface area contributed by atoms with Gasteiger partial charge >= 0.3 is 0 Å². The highest BCUT2D eigenvalue weighted by Gasteiger charge is 2.31. The highest BCUT2D eigenvalue weighted by atomic mass is 32.2. The minimum absolute atomic E-state index is 0.0241. The zero-order chi connectivity index (χ0) is 14.7. The highest BCUT2D eigenvalue weighted by Crippen LogP contribution is 2.21. The van der Waals surface area contributed by atoms with Gasteiger partial charge in [0.15, 0.2) is 0 Å². The molecule has 1 aliphatic rings. The molecule has 1 heterocycles. The van der Waals surface area contributed by atoms with Crippen molar-refractivity contribution in [2.24, 2.45) is 5.41 Å². The molecule has 1 N–H and O–H groups in total. The van der Waals surface area contributed by atoms with E-state index in [4.69, 9.17) is 0 Å². The van der Waals surface area contributed by atoms with Crippen LogP contribution in [0.1, 0.15) is 53.9 Å². The fourth-order valence-corrected chi connectivity index (χ4v) is 4.88. The molecule has 0 spiro atoms. The summed E-state index contributed by atoms with van der Waals surface area (Å²) in [5, 5.41) is 3.43. The van der Waals surface area contributed by atoms with Crippen LogP contribution in [-0.2, 0) is 10.0 Å². The number of piperidine rings is 1. The van der Waals surface area contributed by atoms with Gasteiger partial charge in [-0.05, 0) is 38.6 Å². The zero-order valence-electron chi connectivity index (χ0n) is 13.1. The van der Waals surface area contributed by atoms with Crippen LogP contribution in [0.2, 0.25) is 0 Å². The average Bonchev–Trinajstić information content (AvgIpc) is 2.23. The first-order chi connectivity index (χ1) is 8.62. The minimum atomic E-state index is -3.19. The summed E-state index contributed by atoms with van der Waals surface area (Å²) in [4.78, 5) is 0. The molecule has 0 amide bonds. The maximum absolute atomic E-state index is 12.6. The third-order valence-electron chi connectivity index (χ3n) is 3.36. The standard InChI is InChI=1S/C14H30N2O2S/c1-12(2)16(10-13-8-6-7-9-15-13)19(17,18)11-14(3,4)5/h12-13,15H,6-11H2,1-5H3. The predicted octanol–water partition coefficient (Wildman–Crippen LogP) is 2.21. The molecular weight excluding hydrogens is 260 g/mol. The third kappa shape index (κ3) is 5.79. The largest absolute Gasteiger partial charge is 0.313 e. The van der Waals surface area contributed by atoms with E-state index in [1.807, 2.05) is 34.6 Å². The molecule has 0 aromatic heterocycles. The van der Waals surface area contributed by atoms with Crippen molar-refractivity contribution in [3.05, 3.63) is 0 Å². The Kier molecular flexibility index (Phi) is 5.83. The van der Waals surface area contributed by atoms with E-state index in [9.17, 15) is 8.42 Å². The monoisotopic (exact) mass is 290 g/mol. The van der Waals surface area contributed by atoms with Crippen LogP contribution in [0.25, 0.3) is 0 Å². The van der Waals surface area contributed by atoms with Gasteiger partial charge in [-0.3, -0.25) is 0 Å². The molecule has 19 heavy (non-hydrogen) atoms. The molecule has 0 radical (unpaired) electrons. The van der Waals surface area contributed by atoms with Gasteiger partial charge in [-0.1, -0.05) is 27.2 Å². The molecule has 5 heteroatoms. The lowest BCUT2D eigenvalue weighted by Crippen LogP contribution is -2.49. The van der Waals surface area contributed by atoms with Gasteiger partial charge in [0.05, 0.1) is 5.75 Å². The minimum Gasteiger partial charge on any atom is -0.313 e. The van der Waals surface area contributed by atoms with Gasteiger partial charge in [0.2, 0.25) is 10.0 Å². The van der Waals surface area contributed by atoms with Crippen LogP contribution in [0.3, 0.4) is 0 Å². The molecule has 1 unspecified atom stereocenters. The molecule has 0 bridgehead atoms. The number of hydrogen-bond donors (Lipinski definition) is 1. The second kappa shape index (κ2) is 6.55. The second-order valence-corrected chi connectivity index (χ2v) is 9.05. The van der Waals surface area contributed by atoms with E-state index >= 15 is 0 Å². The number of nitrogens with one attached hydrogen (secondary N) is 1. The topological polar surface area (TPSA) is 49.4 Å². The second-order valence-electron chi connectivity index (χ2n) is 7.13.